The molecule has 0 aliphatic carbocycles. The predicted molar refractivity (Wildman–Crippen MR) is 116 cm³/mol. The highest BCUT2D eigenvalue weighted by Gasteiger charge is 2.18. The van der Waals surface area contributed by atoms with Gasteiger partial charge in [-0.05, 0) is 54.8 Å². The van der Waals surface area contributed by atoms with Crippen molar-refractivity contribution in [3.63, 3.8) is 0 Å². The lowest BCUT2D eigenvalue weighted by atomic mass is 10.2. The van der Waals surface area contributed by atoms with E-state index in [1.165, 1.54) is 35.2 Å². The summed E-state index contributed by atoms with van der Waals surface area (Å²) in [5, 5.41) is 1.67. The van der Waals surface area contributed by atoms with Gasteiger partial charge in [-0.25, -0.2) is 13.2 Å². The Labute approximate surface area is 179 Å². The molecule has 156 valence electrons. The lowest BCUT2D eigenvalue weighted by molar-refractivity contribution is -0.121. The number of thiophene rings is 1. The molecule has 30 heavy (non-hydrogen) atoms. The number of ether oxygens (including phenoxy) is 1. The molecule has 0 atom stereocenters. The van der Waals surface area contributed by atoms with E-state index in [0.717, 1.165) is 17.0 Å². The van der Waals surface area contributed by atoms with Gasteiger partial charge in [-0.15, -0.1) is 11.3 Å². The zero-order chi connectivity index (χ0) is 21.6. The molecule has 7 nitrogen and oxygen atoms in total. The van der Waals surface area contributed by atoms with Gasteiger partial charge in [-0.2, -0.15) is 0 Å². The third kappa shape index (κ3) is 5.25. The van der Waals surface area contributed by atoms with Crippen LogP contribution in [0.1, 0.15) is 17.3 Å². The summed E-state index contributed by atoms with van der Waals surface area (Å²) in [7, 11) is -3.66. The Hall–Kier alpha value is -3.17. The molecule has 0 radical (unpaired) electrons. The number of amides is 1. The molecule has 0 saturated heterocycles. The van der Waals surface area contributed by atoms with Crippen LogP contribution in [0, 0.1) is 0 Å². The molecule has 0 aliphatic rings. The first-order chi connectivity index (χ1) is 14.4. The lowest BCUT2D eigenvalue weighted by Gasteiger charge is -2.20. The third-order valence-corrected chi connectivity index (χ3v) is 6.92. The molecular formula is C21H20N2O5S2. The smallest absolute Gasteiger partial charge is 0.338 e. The molecule has 3 rings (SSSR count). The van der Waals surface area contributed by atoms with Crippen LogP contribution in [0.2, 0.25) is 0 Å². The number of likely N-dealkylation sites (N-methyl/N-ethyl adjacent to an activating group) is 1. The minimum Gasteiger partial charge on any atom is -0.452 e. The van der Waals surface area contributed by atoms with Crippen LogP contribution in [-0.4, -0.2) is 33.4 Å². The van der Waals surface area contributed by atoms with Crippen LogP contribution < -0.4 is 9.62 Å². The van der Waals surface area contributed by atoms with Crippen LogP contribution in [0.15, 0.2) is 76.3 Å². The van der Waals surface area contributed by atoms with E-state index in [9.17, 15) is 18.0 Å². The number of para-hydroxylation sites is 1. The number of esters is 1. The predicted octanol–water partition coefficient (Wildman–Crippen LogP) is 3.76. The van der Waals surface area contributed by atoms with E-state index in [1.54, 1.807) is 23.6 Å². The van der Waals surface area contributed by atoms with E-state index >= 15 is 0 Å². The molecule has 0 bridgehead atoms. The number of rotatable bonds is 8. The first-order valence-corrected chi connectivity index (χ1v) is 11.5. The number of hydrogen-bond acceptors (Lipinski definition) is 6. The van der Waals surface area contributed by atoms with E-state index in [2.05, 4.69) is 4.72 Å². The number of anilines is 2. The molecule has 0 saturated carbocycles. The van der Waals surface area contributed by atoms with Gasteiger partial charge < -0.3 is 9.64 Å². The Morgan fingerprint density at radius 3 is 2.30 bits per heavy atom. The second kappa shape index (κ2) is 9.55. The highest BCUT2D eigenvalue weighted by molar-refractivity contribution is 7.94. The largest absolute Gasteiger partial charge is 0.452 e. The van der Waals surface area contributed by atoms with Gasteiger partial charge in [-0.1, -0.05) is 24.3 Å². The maximum absolute atomic E-state index is 12.4. The van der Waals surface area contributed by atoms with Gasteiger partial charge in [-0.3, -0.25) is 9.52 Å². The van der Waals surface area contributed by atoms with Crippen molar-refractivity contribution in [2.75, 3.05) is 22.8 Å². The van der Waals surface area contributed by atoms with Gasteiger partial charge in [0.2, 0.25) is 0 Å². The second-order valence-electron chi connectivity index (χ2n) is 6.16. The number of benzene rings is 2. The fourth-order valence-electron chi connectivity index (χ4n) is 2.70. The van der Waals surface area contributed by atoms with Crippen LogP contribution >= 0.6 is 11.3 Å². The van der Waals surface area contributed by atoms with Crippen LogP contribution in [0.5, 0.6) is 0 Å². The SMILES string of the molecule is CCN(C(=O)COC(=O)c1ccc(NS(=O)(=O)c2cccs2)cc1)c1ccccc1. The first kappa shape index (κ1) is 21.5. The molecule has 0 fully saturated rings. The third-order valence-electron chi connectivity index (χ3n) is 4.14. The second-order valence-corrected chi connectivity index (χ2v) is 9.02. The number of nitrogens with one attached hydrogen (secondary N) is 1. The van der Waals surface area contributed by atoms with E-state index in [-0.39, 0.29) is 15.7 Å². The maximum Gasteiger partial charge on any atom is 0.338 e. The molecule has 1 N–H and O–H groups in total. The molecule has 1 amide bonds. The molecule has 1 aromatic heterocycles. The molecule has 0 aliphatic heterocycles. The van der Waals surface area contributed by atoms with Crippen molar-refractivity contribution in [1.82, 2.24) is 0 Å². The normalized spacial score (nSPS) is 11.0. The average molecular weight is 445 g/mol. The fourth-order valence-corrected chi connectivity index (χ4v) is 4.75. The zero-order valence-electron chi connectivity index (χ0n) is 16.1. The van der Waals surface area contributed by atoms with Gasteiger partial charge in [0, 0.05) is 17.9 Å². The average Bonchev–Trinajstić information content (AvgIpc) is 3.30. The summed E-state index contributed by atoms with van der Waals surface area (Å²) in [4.78, 5) is 26.2. The van der Waals surface area contributed by atoms with Gasteiger partial charge in [0.25, 0.3) is 15.9 Å². The Morgan fingerprint density at radius 1 is 1.00 bits per heavy atom. The van der Waals surface area contributed by atoms with E-state index in [4.69, 9.17) is 4.74 Å². The van der Waals surface area contributed by atoms with Gasteiger partial charge >= 0.3 is 5.97 Å². The van der Waals surface area contributed by atoms with Crippen molar-refractivity contribution in [3.05, 3.63) is 77.7 Å². The molecular weight excluding hydrogens is 424 g/mol. The zero-order valence-corrected chi connectivity index (χ0v) is 17.8. The number of nitrogens with zero attached hydrogens (tertiary/aromatic N) is 1. The highest BCUT2D eigenvalue weighted by atomic mass is 32.2. The number of carbonyl (C=O) groups is 2. The monoisotopic (exact) mass is 444 g/mol. The molecule has 3 aromatic rings. The molecule has 1 heterocycles. The standard InChI is InChI=1S/C21H20N2O5S2/c1-2-23(18-7-4-3-5-8-18)19(24)15-28-21(25)16-10-12-17(13-11-16)22-30(26,27)20-9-6-14-29-20/h3-14,22H,2,15H2,1H3. The van der Waals surface area contributed by atoms with Crippen molar-refractivity contribution in [2.45, 2.75) is 11.1 Å². The molecule has 2 aromatic carbocycles. The summed E-state index contributed by atoms with van der Waals surface area (Å²) < 4.78 is 32.2. The topological polar surface area (TPSA) is 92.8 Å². The van der Waals surface area contributed by atoms with Crippen molar-refractivity contribution >= 4 is 44.6 Å². The molecule has 9 heteroatoms. The van der Waals surface area contributed by atoms with Crippen molar-refractivity contribution in [3.8, 4) is 0 Å². The Kier molecular flexibility index (Phi) is 6.86. The van der Waals surface area contributed by atoms with Gasteiger partial charge in [0.15, 0.2) is 6.61 Å². The number of hydrogen-bond donors (Lipinski definition) is 1. The van der Waals surface area contributed by atoms with E-state index in [0.29, 0.717) is 12.2 Å². The number of carbonyl (C=O) groups excluding carboxylic acids is 2. The molecule has 0 unspecified atom stereocenters. The van der Waals surface area contributed by atoms with Gasteiger partial charge in [0.1, 0.15) is 4.21 Å². The number of sulfonamides is 1. The van der Waals surface area contributed by atoms with Crippen LogP contribution in [0.4, 0.5) is 11.4 Å². The van der Waals surface area contributed by atoms with E-state index in [1.807, 2.05) is 25.1 Å². The first-order valence-electron chi connectivity index (χ1n) is 9.09. The van der Waals surface area contributed by atoms with Crippen molar-refractivity contribution in [2.24, 2.45) is 0 Å². The van der Waals surface area contributed by atoms with E-state index < -0.39 is 22.6 Å². The lowest BCUT2D eigenvalue weighted by Crippen LogP contribution is -2.34. The Morgan fingerprint density at radius 2 is 1.70 bits per heavy atom. The van der Waals surface area contributed by atoms with Gasteiger partial charge in [0.05, 0.1) is 5.56 Å². The quantitative estimate of drug-likeness (QED) is 0.534. The van der Waals surface area contributed by atoms with Crippen LogP contribution in [0.25, 0.3) is 0 Å². The highest BCUT2D eigenvalue weighted by Crippen LogP contribution is 2.20. The van der Waals surface area contributed by atoms with Crippen LogP contribution in [-0.2, 0) is 19.6 Å². The minimum absolute atomic E-state index is 0.198. The summed E-state index contributed by atoms with van der Waals surface area (Å²) >= 11 is 1.11. The fraction of sp³-hybridized carbons (Fsp3) is 0.143. The van der Waals surface area contributed by atoms with Crippen molar-refractivity contribution in [1.29, 1.82) is 0 Å². The summed E-state index contributed by atoms with van der Waals surface area (Å²) in [5.41, 5.74) is 1.25. The summed E-state index contributed by atoms with van der Waals surface area (Å²) in [6.07, 6.45) is 0. The minimum atomic E-state index is -3.66. The maximum atomic E-state index is 12.4. The Balaban J connectivity index is 1.59. The van der Waals surface area contributed by atoms with Crippen molar-refractivity contribution < 1.29 is 22.7 Å². The van der Waals surface area contributed by atoms with Crippen LogP contribution in [0.3, 0.4) is 0 Å². The Bertz CT molecular complexity index is 1100. The molecule has 0 spiro atoms. The summed E-state index contributed by atoms with van der Waals surface area (Å²) in [5.74, 6) is -1.00. The summed E-state index contributed by atoms with van der Waals surface area (Å²) in [6.45, 7) is 1.89. The summed E-state index contributed by atoms with van der Waals surface area (Å²) in [6, 6.07) is 18.1.